The second-order valence-corrected chi connectivity index (χ2v) is 4.49. The van der Waals surface area contributed by atoms with Gasteiger partial charge in [0, 0.05) is 17.8 Å². The van der Waals surface area contributed by atoms with Crippen LogP contribution in [0.15, 0.2) is 36.4 Å². The van der Waals surface area contributed by atoms with E-state index in [1.165, 1.54) is 12.1 Å². The van der Waals surface area contributed by atoms with Gasteiger partial charge in [-0.05, 0) is 17.7 Å². The van der Waals surface area contributed by atoms with Crippen molar-refractivity contribution in [3.8, 4) is 17.2 Å². The molecule has 0 saturated carbocycles. The third-order valence-corrected chi connectivity index (χ3v) is 2.97. The molecule has 0 amide bonds. The number of nitro benzene ring substituents is 1. The summed E-state index contributed by atoms with van der Waals surface area (Å²) in [6.07, 6.45) is 0. The van der Waals surface area contributed by atoms with Gasteiger partial charge < -0.3 is 19.9 Å². The predicted molar refractivity (Wildman–Crippen MR) is 74.4 cm³/mol. The average molecular weight is 288 g/mol. The molecule has 3 rings (SSSR count). The predicted octanol–water partition coefficient (Wildman–Crippen LogP) is 2.48. The van der Waals surface area contributed by atoms with Crippen molar-refractivity contribution in [2.75, 3.05) is 12.5 Å². The Morgan fingerprint density at radius 3 is 2.81 bits per heavy atom. The molecule has 0 radical (unpaired) electrons. The molecule has 0 fully saturated rings. The summed E-state index contributed by atoms with van der Waals surface area (Å²) in [5, 5.41) is 10.8. The van der Waals surface area contributed by atoms with Gasteiger partial charge in [0.2, 0.25) is 6.79 Å². The van der Waals surface area contributed by atoms with E-state index in [4.69, 9.17) is 19.9 Å². The highest BCUT2D eigenvalue weighted by atomic mass is 16.7. The van der Waals surface area contributed by atoms with Crippen LogP contribution in [0.5, 0.6) is 17.2 Å². The van der Waals surface area contributed by atoms with Crippen molar-refractivity contribution in [1.29, 1.82) is 0 Å². The number of hydrogen-bond acceptors (Lipinski definition) is 6. The molecule has 1 heterocycles. The highest BCUT2D eigenvalue weighted by molar-refractivity contribution is 5.53. The Morgan fingerprint density at radius 1 is 1.19 bits per heavy atom. The molecule has 1 aliphatic rings. The normalized spacial score (nSPS) is 12.2. The molecule has 21 heavy (non-hydrogen) atoms. The van der Waals surface area contributed by atoms with E-state index in [0.29, 0.717) is 17.2 Å². The van der Waals surface area contributed by atoms with E-state index < -0.39 is 4.92 Å². The summed E-state index contributed by atoms with van der Waals surface area (Å²) >= 11 is 0. The number of rotatable bonds is 4. The van der Waals surface area contributed by atoms with Crippen LogP contribution in [-0.4, -0.2) is 11.7 Å². The van der Waals surface area contributed by atoms with E-state index in [0.717, 1.165) is 5.56 Å². The van der Waals surface area contributed by atoms with Gasteiger partial charge in [-0.2, -0.15) is 0 Å². The van der Waals surface area contributed by atoms with Crippen LogP contribution in [0.1, 0.15) is 5.56 Å². The smallest absolute Gasteiger partial charge is 0.275 e. The molecule has 0 bridgehead atoms. The fraction of sp³-hybridized carbons (Fsp3) is 0.143. The second-order valence-electron chi connectivity index (χ2n) is 4.49. The zero-order chi connectivity index (χ0) is 14.8. The van der Waals surface area contributed by atoms with E-state index in [1.54, 1.807) is 12.1 Å². The number of ether oxygens (including phenoxy) is 3. The third kappa shape index (κ3) is 2.81. The highest BCUT2D eigenvalue weighted by Crippen LogP contribution is 2.33. The van der Waals surface area contributed by atoms with Crippen LogP contribution in [0.3, 0.4) is 0 Å². The van der Waals surface area contributed by atoms with Crippen LogP contribution in [0.2, 0.25) is 0 Å². The lowest BCUT2D eigenvalue weighted by Crippen LogP contribution is -1.98. The lowest BCUT2D eigenvalue weighted by Gasteiger charge is -2.07. The Kier molecular flexibility index (Phi) is 3.23. The number of non-ortho nitro benzene ring substituents is 1. The molecular formula is C14H12N2O5. The van der Waals surface area contributed by atoms with Crippen LogP contribution in [-0.2, 0) is 6.61 Å². The van der Waals surface area contributed by atoms with E-state index in [1.807, 2.05) is 12.1 Å². The maximum atomic E-state index is 10.8. The van der Waals surface area contributed by atoms with Crippen LogP contribution in [0, 0.1) is 10.1 Å². The summed E-state index contributed by atoms with van der Waals surface area (Å²) in [5.41, 5.74) is 6.67. The van der Waals surface area contributed by atoms with E-state index in [-0.39, 0.29) is 24.8 Å². The maximum Gasteiger partial charge on any atom is 0.275 e. The molecule has 2 aromatic carbocycles. The number of nitrogens with zero attached hydrogens (tertiary/aromatic N) is 1. The van der Waals surface area contributed by atoms with Gasteiger partial charge in [0.15, 0.2) is 11.5 Å². The monoisotopic (exact) mass is 288 g/mol. The molecule has 0 atom stereocenters. The lowest BCUT2D eigenvalue weighted by molar-refractivity contribution is -0.384. The van der Waals surface area contributed by atoms with Crippen molar-refractivity contribution in [3.63, 3.8) is 0 Å². The van der Waals surface area contributed by atoms with E-state index in [9.17, 15) is 10.1 Å². The molecule has 0 unspecified atom stereocenters. The van der Waals surface area contributed by atoms with Crippen molar-refractivity contribution < 1.29 is 19.1 Å². The van der Waals surface area contributed by atoms with Gasteiger partial charge in [0.05, 0.1) is 11.0 Å². The first-order valence-electron chi connectivity index (χ1n) is 6.18. The number of hydrogen-bond donors (Lipinski definition) is 1. The molecule has 0 aliphatic carbocycles. The van der Waals surface area contributed by atoms with Gasteiger partial charge in [0.25, 0.3) is 5.69 Å². The van der Waals surface area contributed by atoms with Gasteiger partial charge in [-0.25, -0.2) is 0 Å². The summed E-state index contributed by atoms with van der Waals surface area (Å²) in [6.45, 7) is 0.457. The molecule has 0 spiro atoms. The van der Waals surface area contributed by atoms with Crippen molar-refractivity contribution in [2.45, 2.75) is 6.61 Å². The zero-order valence-electron chi connectivity index (χ0n) is 10.9. The average Bonchev–Trinajstić information content (AvgIpc) is 2.92. The van der Waals surface area contributed by atoms with Crippen LogP contribution in [0.25, 0.3) is 0 Å². The fourth-order valence-corrected chi connectivity index (χ4v) is 1.99. The van der Waals surface area contributed by atoms with E-state index in [2.05, 4.69) is 0 Å². The quantitative estimate of drug-likeness (QED) is 0.527. The Morgan fingerprint density at radius 2 is 2.00 bits per heavy atom. The first-order chi connectivity index (χ1) is 10.1. The fourth-order valence-electron chi connectivity index (χ4n) is 1.99. The second kappa shape index (κ2) is 5.20. The SMILES string of the molecule is Nc1cc(OCc2ccc3c(c2)OCO3)cc([N+](=O)[O-])c1. The Hall–Kier alpha value is -2.96. The van der Waals surface area contributed by atoms with E-state index >= 15 is 0 Å². The summed E-state index contributed by atoms with van der Waals surface area (Å²) in [6, 6.07) is 9.61. The summed E-state index contributed by atoms with van der Waals surface area (Å²) in [5.74, 6) is 1.70. The van der Waals surface area contributed by atoms with Gasteiger partial charge in [-0.3, -0.25) is 10.1 Å². The summed E-state index contributed by atoms with van der Waals surface area (Å²) in [7, 11) is 0. The Labute approximate surface area is 120 Å². The number of benzene rings is 2. The Bertz CT molecular complexity index is 702. The van der Waals surface area contributed by atoms with Gasteiger partial charge >= 0.3 is 0 Å². The summed E-state index contributed by atoms with van der Waals surface area (Å²) in [4.78, 5) is 10.3. The molecule has 7 nitrogen and oxygen atoms in total. The molecule has 0 saturated heterocycles. The number of nitro groups is 1. The molecule has 2 N–H and O–H groups in total. The number of fused-ring (bicyclic) bond motifs is 1. The number of anilines is 1. The van der Waals surface area contributed by atoms with Gasteiger partial charge in [0.1, 0.15) is 12.4 Å². The van der Waals surface area contributed by atoms with Gasteiger partial charge in [-0.15, -0.1) is 0 Å². The topological polar surface area (TPSA) is 96.9 Å². The molecule has 0 aromatic heterocycles. The minimum atomic E-state index is -0.510. The number of nitrogen functional groups attached to an aromatic ring is 1. The molecule has 108 valence electrons. The number of nitrogens with two attached hydrogens (primary N) is 1. The van der Waals surface area contributed by atoms with Crippen LogP contribution >= 0.6 is 0 Å². The first-order valence-corrected chi connectivity index (χ1v) is 6.18. The molecule has 2 aromatic rings. The van der Waals surface area contributed by atoms with Crippen molar-refractivity contribution >= 4 is 11.4 Å². The third-order valence-electron chi connectivity index (χ3n) is 2.97. The highest BCUT2D eigenvalue weighted by Gasteiger charge is 2.14. The van der Waals surface area contributed by atoms with Gasteiger partial charge in [-0.1, -0.05) is 6.07 Å². The van der Waals surface area contributed by atoms with Crippen molar-refractivity contribution in [1.82, 2.24) is 0 Å². The maximum absolute atomic E-state index is 10.8. The Balaban J connectivity index is 1.74. The van der Waals surface area contributed by atoms with Crippen LogP contribution in [0.4, 0.5) is 11.4 Å². The lowest BCUT2D eigenvalue weighted by atomic mass is 10.2. The largest absolute Gasteiger partial charge is 0.489 e. The minimum absolute atomic E-state index is 0.101. The van der Waals surface area contributed by atoms with Crippen molar-refractivity contribution in [2.24, 2.45) is 0 Å². The molecule has 7 heteroatoms. The molecule has 1 aliphatic heterocycles. The van der Waals surface area contributed by atoms with Crippen LogP contribution < -0.4 is 19.9 Å². The standard InChI is InChI=1S/C14H12N2O5/c15-10-4-11(16(17)18)6-12(5-10)19-7-9-1-2-13-14(3-9)21-8-20-13/h1-6H,7-8,15H2. The van der Waals surface area contributed by atoms with Crippen molar-refractivity contribution in [3.05, 3.63) is 52.1 Å². The first kappa shape index (κ1) is 13.0. The molecular weight excluding hydrogens is 276 g/mol. The minimum Gasteiger partial charge on any atom is -0.489 e. The zero-order valence-corrected chi connectivity index (χ0v) is 10.9. The summed E-state index contributed by atoms with van der Waals surface area (Å²) < 4.78 is 16.0.